The number of thiazole rings is 1. The molecule has 0 amide bonds. The van der Waals surface area contributed by atoms with Crippen LogP contribution >= 0.6 is 11.3 Å². The highest BCUT2D eigenvalue weighted by Crippen LogP contribution is 2.14. The molecule has 1 N–H and O–H groups in total. The van der Waals surface area contributed by atoms with Crippen LogP contribution in [0.25, 0.3) is 0 Å². The number of carbonyl (C=O) groups is 1. The Morgan fingerprint density at radius 2 is 2.67 bits per heavy atom. The highest BCUT2D eigenvalue weighted by Gasteiger charge is 2.22. The summed E-state index contributed by atoms with van der Waals surface area (Å²) in [5, 5.41) is 4.84. The minimum absolute atomic E-state index is 0.301. The predicted molar refractivity (Wildman–Crippen MR) is 59.7 cm³/mol. The van der Waals surface area contributed by atoms with Gasteiger partial charge in [-0.3, -0.25) is 5.32 Å². The Kier molecular flexibility index (Phi) is 5.00. The molecule has 1 atom stereocenters. The molecule has 1 rings (SSSR count). The van der Waals surface area contributed by atoms with E-state index >= 15 is 0 Å². The molecule has 0 radical (unpaired) electrons. The molecule has 0 saturated carbocycles. The summed E-state index contributed by atoms with van der Waals surface area (Å²) in [7, 11) is 0. The Morgan fingerprint density at radius 3 is 3.20 bits per heavy atom. The maximum atomic E-state index is 11.6. The molecule has 0 saturated heterocycles. The highest BCUT2D eigenvalue weighted by atomic mass is 32.1. The third kappa shape index (κ3) is 3.45. The second-order valence-electron chi connectivity index (χ2n) is 2.80. The van der Waals surface area contributed by atoms with Crippen LogP contribution < -0.4 is 5.32 Å². The van der Waals surface area contributed by atoms with Gasteiger partial charge in [-0.1, -0.05) is 6.08 Å². The number of nitrogens with zero attached hydrogens (tertiary/aromatic N) is 1. The van der Waals surface area contributed by atoms with Gasteiger partial charge in [0.05, 0.1) is 17.8 Å². The van der Waals surface area contributed by atoms with Gasteiger partial charge in [-0.05, 0) is 6.92 Å². The molecule has 1 aromatic rings. The minimum atomic E-state index is -0.491. The number of aromatic nitrogens is 1. The number of carbonyl (C=O) groups excluding carboxylic acids is 1. The van der Waals surface area contributed by atoms with E-state index in [1.807, 2.05) is 5.38 Å². The van der Waals surface area contributed by atoms with Gasteiger partial charge in [0.15, 0.2) is 0 Å². The second kappa shape index (κ2) is 6.31. The largest absolute Gasteiger partial charge is 0.465 e. The van der Waals surface area contributed by atoms with Crippen LogP contribution in [0.2, 0.25) is 0 Å². The van der Waals surface area contributed by atoms with Crippen LogP contribution in [0.3, 0.4) is 0 Å². The number of rotatable bonds is 6. The zero-order valence-corrected chi connectivity index (χ0v) is 9.42. The molecule has 0 aliphatic heterocycles. The van der Waals surface area contributed by atoms with Crippen molar-refractivity contribution in [3.63, 3.8) is 0 Å². The predicted octanol–water partition coefficient (Wildman–Crippen LogP) is 1.52. The summed E-state index contributed by atoms with van der Waals surface area (Å²) in [5.74, 6) is -0.301. The van der Waals surface area contributed by atoms with E-state index in [2.05, 4.69) is 16.9 Å². The number of nitrogens with one attached hydrogen (secondary N) is 1. The second-order valence-corrected chi connectivity index (χ2v) is 3.51. The van der Waals surface area contributed by atoms with Crippen LogP contribution in [-0.2, 0) is 9.53 Å². The van der Waals surface area contributed by atoms with Gasteiger partial charge in [0.1, 0.15) is 6.04 Å². The number of hydrogen-bond donors (Lipinski definition) is 1. The Balaban J connectivity index is 2.69. The van der Waals surface area contributed by atoms with E-state index in [1.54, 1.807) is 18.5 Å². The third-order valence-corrected chi connectivity index (χ3v) is 2.34. The SMILES string of the molecule is C=CCNC(C(=O)OCC)c1cscn1. The van der Waals surface area contributed by atoms with E-state index in [9.17, 15) is 4.79 Å². The lowest BCUT2D eigenvalue weighted by atomic mass is 10.2. The lowest BCUT2D eigenvalue weighted by Crippen LogP contribution is -2.30. The molecular formula is C10H14N2O2S. The lowest BCUT2D eigenvalue weighted by molar-refractivity contribution is -0.145. The van der Waals surface area contributed by atoms with Gasteiger partial charge in [-0.25, -0.2) is 9.78 Å². The van der Waals surface area contributed by atoms with Gasteiger partial charge >= 0.3 is 5.97 Å². The first kappa shape index (κ1) is 11.9. The summed E-state index contributed by atoms with van der Waals surface area (Å²) in [5.41, 5.74) is 2.39. The fraction of sp³-hybridized carbons (Fsp3) is 0.400. The summed E-state index contributed by atoms with van der Waals surface area (Å²) < 4.78 is 4.95. The lowest BCUT2D eigenvalue weighted by Gasteiger charge is -2.13. The fourth-order valence-corrected chi connectivity index (χ4v) is 1.68. The maximum absolute atomic E-state index is 11.6. The molecule has 4 nitrogen and oxygen atoms in total. The van der Waals surface area contributed by atoms with Crippen LogP contribution in [0, 0.1) is 0 Å². The summed E-state index contributed by atoms with van der Waals surface area (Å²) in [4.78, 5) is 15.7. The monoisotopic (exact) mass is 226 g/mol. The van der Waals surface area contributed by atoms with Gasteiger partial charge in [0.2, 0.25) is 0 Å². The van der Waals surface area contributed by atoms with Crippen molar-refractivity contribution >= 4 is 17.3 Å². The fourth-order valence-electron chi connectivity index (χ4n) is 1.10. The van der Waals surface area contributed by atoms with E-state index in [4.69, 9.17) is 4.74 Å². The van der Waals surface area contributed by atoms with Crippen molar-refractivity contribution in [2.24, 2.45) is 0 Å². The first-order valence-corrected chi connectivity index (χ1v) is 5.62. The van der Waals surface area contributed by atoms with Crippen LogP contribution in [0.1, 0.15) is 18.7 Å². The molecule has 0 spiro atoms. The molecular weight excluding hydrogens is 212 g/mol. The molecule has 1 aromatic heterocycles. The van der Waals surface area contributed by atoms with Gasteiger partial charge in [-0.15, -0.1) is 17.9 Å². The summed E-state index contributed by atoms with van der Waals surface area (Å²) >= 11 is 1.45. The molecule has 0 aromatic carbocycles. The van der Waals surface area contributed by atoms with Crippen molar-refractivity contribution < 1.29 is 9.53 Å². The van der Waals surface area contributed by atoms with Gasteiger partial charge < -0.3 is 4.74 Å². The smallest absolute Gasteiger partial charge is 0.329 e. The first-order chi connectivity index (χ1) is 7.29. The van der Waals surface area contributed by atoms with Crippen molar-refractivity contribution in [1.82, 2.24) is 10.3 Å². The molecule has 5 heteroatoms. The number of ether oxygens (including phenoxy) is 1. The normalized spacial score (nSPS) is 12.1. The van der Waals surface area contributed by atoms with Crippen LogP contribution in [0.4, 0.5) is 0 Å². The molecule has 0 fully saturated rings. The van der Waals surface area contributed by atoms with Crippen molar-refractivity contribution in [2.75, 3.05) is 13.2 Å². The Morgan fingerprint density at radius 1 is 1.87 bits per heavy atom. The zero-order valence-electron chi connectivity index (χ0n) is 8.60. The summed E-state index contributed by atoms with van der Waals surface area (Å²) in [6, 6.07) is -0.491. The number of esters is 1. The molecule has 1 unspecified atom stereocenters. The maximum Gasteiger partial charge on any atom is 0.329 e. The van der Waals surface area contributed by atoms with Crippen LogP contribution in [-0.4, -0.2) is 24.1 Å². The van der Waals surface area contributed by atoms with Crippen molar-refractivity contribution in [2.45, 2.75) is 13.0 Å². The van der Waals surface area contributed by atoms with E-state index in [-0.39, 0.29) is 5.97 Å². The van der Waals surface area contributed by atoms with E-state index in [0.717, 1.165) is 0 Å². The quantitative estimate of drug-likeness (QED) is 0.590. The van der Waals surface area contributed by atoms with Crippen LogP contribution in [0.15, 0.2) is 23.5 Å². The Labute approximate surface area is 93.0 Å². The topological polar surface area (TPSA) is 51.2 Å². The highest BCUT2D eigenvalue weighted by molar-refractivity contribution is 7.07. The van der Waals surface area contributed by atoms with E-state index in [0.29, 0.717) is 18.8 Å². The minimum Gasteiger partial charge on any atom is -0.465 e. The van der Waals surface area contributed by atoms with E-state index in [1.165, 1.54) is 11.3 Å². The summed E-state index contributed by atoms with van der Waals surface area (Å²) in [6.07, 6.45) is 1.69. The van der Waals surface area contributed by atoms with Gasteiger partial charge in [-0.2, -0.15) is 0 Å². The average Bonchev–Trinajstić information content (AvgIpc) is 2.72. The Bertz CT molecular complexity index is 311. The van der Waals surface area contributed by atoms with Crippen molar-refractivity contribution in [1.29, 1.82) is 0 Å². The number of hydrogen-bond acceptors (Lipinski definition) is 5. The summed E-state index contributed by atoms with van der Waals surface area (Å²) in [6.45, 7) is 6.28. The van der Waals surface area contributed by atoms with Crippen LogP contribution in [0.5, 0.6) is 0 Å². The molecule has 0 bridgehead atoms. The molecule has 0 aliphatic carbocycles. The average molecular weight is 226 g/mol. The van der Waals surface area contributed by atoms with E-state index < -0.39 is 6.04 Å². The third-order valence-electron chi connectivity index (χ3n) is 1.74. The zero-order chi connectivity index (χ0) is 11.1. The Hall–Kier alpha value is -1.20. The van der Waals surface area contributed by atoms with Gasteiger partial charge in [0.25, 0.3) is 0 Å². The first-order valence-electron chi connectivity index (χ1n) is 4.68. The van der Waals surface area contributed by atoms with Crippen molar-refractivity contribution in [3.8, 4) is 0 Å². The molecule has 15 heavy (non-hydrogen) atoms. The van der Waals surface area contributed by atoms with Gasteiger partial charge in [0, 0.05) is 11.9 Å². The standard InChI is InChI=1S/C10H14N2O2S/c1-3-5-11-9(10(13)14-4-2)8-6-15-7-12-8/h3,6-7,9,11H,1,4-5H2,2H3. The molecule has 0 aliphatic rings. The molecule has 1 heterocycles. The molecule has 82 valence electrons. The van der Waals surface area contributed by atoms with Crippen molar-refractivity contribution in [3.05, 3.63) is 29.2 Å².